The van der Waals surface area contributed by atoms with Gasteiger partial charge in [0, 0.05) is 18.0 Å². The first kappa shape index (κ1) is 21.3. The lowest BCUT2D eigenvalue weighted by molar-refractivity contribution is -0.121. The Hall–Kier alpha value is -0.770. The first-order valence-electron chi connectivity index (χ1n) is 8.97. The number of nitrogens with zero attached hydrogens (tertiary/aromatic N) is 1. The van der Waals surface area contributed by atoms with Gasteiger partial charge in [0.15, 0.2) is 0 Å². The number of hydrogen-bond acceptors (Lipinski definition) is 2. The number of amides is 1. The van der Waals surface area contributed by atoms with Crippen LogP contribution in [0.1, 0.15) is 50.5 Å². The van der Waals surface area contributed by atoms with Crippen LogP contribution in [-0.2, 0) is 11.2 Å². The van der Waals surface area contributed by atoms with Gasteiger partial charge in [-0.2, -0.15) is 0 Å². The molecule has 24 heavy (non-hydrogen) atoms. The van der Waals surface area contributed by atoms with Crippen LogP contribution in [0.2, 0.25) is 5.02 Å². The molecule has 5 heteroatoms. The quantitative estimate of drug-likeness (QED) is 0.648. The average Bonchev–Trinajstić information content (AvgIpc) is 2.57. The maximum atomic E-state index is 11.8. The number of likely N-dealkylation sites (tertiary alicyclic amines) is 1. The number of benzene rings is 1. The molecule has 3 nitrogen and oxygen atoms in total. The zero-order chi connectivity index (χ0) is 16.3. The molecule has 0 radical (unpaired) electrons. The molecule has 1 aliphatic heterocycles. The van der Waals surface area contributed by atoms with E-state index in [0.717, 1.165) is 43.8 Å². The largest absolute Gasteiger partial charge is 0.356 e. The first-order valence-corrected chi connectivity index (χ1v) is 9.35. The maximum Gasteiger partial charge on any atom is 0.220 e. The van der Waals surface area contributed by atoms with Gasteiger partial charge >= 0.3 is 0 Å². The fourth-order valence-electron chi connectivity index (χ4n) is 3.07. The standard InChI is InChI=1S/C19H29ClN2O.ClH/c20-18-11-9-17(10-12-18)7-2-3-13-21-19(23)8-6-16-22-14-4-1-5-15-22;/h9-12H,1-8,13-16H2,(H,21,23);1H. The number of carbonyl (C=O) groups is 1. The molecule has 0 saturated carbocycles. The molecule has 0 spiro atoms. The number of hydrogen-bond donors (Lipinski definition) is 1. The van der Waals surface area contributed by atoms with Crippen molar-refractivity contribution in [2.24, 2.45) is 0 Å². The third kappa shape index (κ3) is 8.91. The normalized spacial score (nSPS) is 14.9. The predicted octanol–water partition coefficient (Wildman–Crippen LogP) is 4.47. The second-order valence-corrected chi connectivity index (χ2v) is 6.88. The highest BCUT2D eigenvalue weighted by Crippen LogP contribution is 2.11. The number of halogens is 2. The van der Waals surface area contributed by atoms with Crippen molar-refractivity contribution < 1.29 is 4.79 Å². The Kier molecular flexibility index (Phi) is 11.1. The zero-order valence-corrected chi connectivity index (χ0v) is 16.0. The molecule has 0 aliphatic carbocycles. The highest BCUT2D eigenvalue weighted by molar-refractivity contribution is 6.30. The summed E-state index contributed by atoms with van der Waals surface area (Å²) in [4.78, 5) is 14.3. The van der Waals surface area contributed by atoms with Gasteiger partial charge in [-0.1, -0.05) is 30.2 Å². The van der Waals surface area contributed by atoms with Gasteiger partial charge in [0.05, 0.1) is 0 Å². The zero-order valence-electron chi connectivity index (χ0n) is 14.4. The van der Waals surface area contributed by atoms with Crippen LogP contribution in [0.4, 0.5) is 0 Å². The number of rotatable bonds is 9. The molecule has 0 atom stereocenters. The van der Waals surface area contributed by atoms with Crippen molar-refractivity contribution in [1.82, 2.24) is 10.2 Å². The highest BCUT2D eigenvalue weighted by Gasteiger charge is 2.10. The van der Waals surface area contributed by atoms with Crippen LogP contribution in [0.15, 0.2) is 24.3 Å². The maximum absolute atomic E-state index is 11.8. The van der Waals surface area contributed by atoms with Crippen LogP contribution in [0, 0.1) is 0 Å². The number of unbranched alkanes of at least 4 members (excludes halogenated alkanes) is 1. The van der Waals surface area contributed by atoms with Gasteiger partial charge in [-0.3, -0.25) is 4.79 Å². The van der Waals surface area contributed by atoms with Crippen molar-refractivity contribution in [2.45, 2.75) is 51.4 Å². The summed E-state index contributed by atoms with van der Waals surface area (Å²) in [6.07, 6.45) is 8.81. The minimum atomic E-state index is 0. The molecule has 136 valence electrons. The van der Waals surface area contributed by atoms with E-state index in [2.05, 4.69) is 22.3 Å². The van der Waals surface area contributed by atoms with Gasteiger partial charge in [-0.15, -0.1) is 12.4 Å². The smallest absolute Gasteiger partial charge is 0.220 e. The lowest BCUT2D eigenvalue weighted by Gasteiger charge is -2.26. The van der Waals surface area contributed by atoms with E-state index in [1.165, 1.54) is 37.9 Å². The molecule has 1 fully saturated rings. The second-order valence-electron chi connectivity index (χ2n) is 6.44. The topological polar surface area (TPSA) is 32.3 Å². The van der Waals surface area contributed by atoms with E-state index in [1.807, 2.05) is 12.1 Å². The van der Waals surface area contributed by atoms with Crippen LogP contribution in [0.5, 0.6) is 0 Å². The fourth-order valence-corrected chi connectivity index (χ4v) is 3.19. The first-order chi connectivity index (χ1) is 11.2. The van der Waals surface area contributed by atoms with Gasteiger partial charge in [0.1, 0.15) is 0 Å². The van der Waals surface area contributed by atoms with E-state index < -0.39 is 0 Å². The Morgan fingerprint density at radius 2 is 1.75 bits per heavy atom. The summed E-state index contributed by atoms with van der Waals surface area (Å²) in [5, 5.41) is 3.82. The Labute approximate surface area is 157 Å². The predicted molar refractivity (Wildman–Crippen MR) is 104 cm³/mol. The van der Waals surface area contributed by atoms with E-state index in [1.54, 1.807) is 0 Å². The van der Waals surface area contributed by atoms with Crippen molar-refractivity contribution in [1.29, 1.82) is 0 Å². The Morgan fingerprint density at radius 3 is 2.46 bits per heavy atom. The molecule has 0 aromatic heterocycles. The minimum absolute atomic E-state index is 0. The molecule has 2 rings (SSSR count). The lowest BCUT2D eigenvalue weighted by atomic mass is 10.1. The van der Waals surface area contributed by atoms with Crippen LogP contribution in [0.25, 0.3) is 0 Å². The van der Waals surface area contributed by atoms with Gasteiger partial charge in [-0.05, 0) is 75.9 Å². The van der Waals surface area contributed by atoms with Crippen molar-refractivity contribution in [2.75, 3.05) is 26.2 Å². The average molecular weight is 373 g/mol. The van der Waals surface area contributed by atoms with Gasteiger partial charge in [0.2, 0.25) is 5.91 Å². The minimum Gasteiger partial charge on any atom is -0.356 e. The molecule has 1 saturated heterocycles. The molecular formula is C19H30Cl2N2O. The molecule has 1 aliphatic rings. The third-order valence-electron chi connectivity index (χ3n) is 4.45. The molecular weight excluding hydrogens is 343 g/mol. The lowest BCUT2D eigenvalue weighted by Crippen LogP contribution is -2.31. The number of carbonyl (C=O) groups excluding carboxylic acids is 1. The van der Waals surface area contributed by atoms with Gasteiger partial charge in [0.25, 0.3) is 0 Å². The van der Waals surface area contributed by atoms with Crippen molar-refractivity contribution in [3.8, 4) is 0 Å². The third-order valence-corrected chi connectivity index (χ3v) is 4.71. The van der Waals surface area contributed by atoms with E-state index in [-0.39, 0.29) is 18.3 Å². The second kappa shape index (κ2) is 12.6. The number of aryl methyl sites for hydroxylation is 1. The summed E-state index contributed by atoms with van der Waals surface area (Å²) in [6.45, 7) is 4.29. The Morgan fingerprint density at radius 1 is 1.04 bits per heavy atom. The van der Waals surface area contributed by atoms with E-state index in [9.17, 15) is 4.79 Å². The summed E-state index contributed by atoms with van der Waals surface area (Å²) >= 11 is 5.87. The van der Waals surface area contributed by atoms with Crippen LogP contribution >= 0.6 is 24.0 Å². The SMILES string of the molecule is Cl.O=C(CCCN1CCCCC1)NCCCCc1ccc(Cl)cc1. The highest BCUT2D eigenvalue weighted by atomic mass is 35.5. The number of nitrogens with one attached hydrogen (secondary N) is 1. The van der Waals surface area contributed by atoms with Crippen molar-refractivity contribution in [3.05, 3.63) is 34.9 Å². The molecule has 0 bridgehead atoms. The van der Waals surface area contributed by atoms with Crippen LogP contribution in [-0.4, -0.2) is 37.0 Å². The summed E-state index contributed by atoms with van der Waals surface area (Å²) in [5.41, 5.74) is 1.31. The Balaban J connectivity index is 0.00000288. The van der Waals surface area contributed by atoms with Crippen molar-refractivity contribution >= 4 is 29.9 Å². The number of piperidine rings is 1. The van der Waals surface area contributed by atoms with Crippen molar-refractivity contribution in [3.63, 3.8) is 0 Å². The molecule has 1 aromatic carbocycles. The van der Waals surface area contributed by atoms with Crippen LogP contribution in [0.3, 0.4) is 0 Å². The summed E-state index contributed by atoms with van der Waals surface area (Å²) in [5.74, 6) is 0.202. The Bertz CT molecular complexity index is 459. The van der Waals surface area contributed by atoms with E-state index >= 15 is 0 Å². The van der Waals surface area contributed by atoms with E-state index in [0.29, 0.717) is 6.42 Å². The molecule has 1 amide bonds. The molecule has 1 aromatic rings. The summed E-state index contributed by atoms with van der Waals surface area (Å²) in [6, 6.07) is 8.00. The summed E-state index contributed by atoms with van der Waals surface area (Å²) < 4.78 is 0. The van der Waals surface area contributed by atoms with Gasteiger partial charge in [-0.25, -0.2) is 0 Å². The monoisotopic (exact) mass is 372 g/mol. The van der Waals surface area contributed by atoms with Crippen LogP contribution < -0.4 is 5.32 Å². The molecule has 1 N–H and O–H groups in total. The summed E-state index contributed by atoms with van der Waals surface area (Å²) in [7, 11) is 0. The van der Waals surface area contributed by atoms with Gasteiger partial charge < -0.3 is 10.2 Å². The fraction of sp³-hybridized carbons (Fsp3) is 0.632. The van der Waals surface area contributed by atoms with E-state index in [4.69, 9.17) is 11.6 Å². The molecule has 1 heterocycles. The molecule has 0 unspecified atom stereocenters.